The molecular formula is C38H42FN5O4. The first-order valence-corrected chi connectivity index (χ1v) is 17.1. The number of fused-ring (bicyclic) bond motifs is 4. The molecule has 4 heterocycles. The van der Waals surface area contributed by atoms with E-state index in [4.69, 9.17) is 20.2 Å². The van der Waals surface area contributed by atoms with Crippen molar-refractivity contribution < 1.29 is 23.8 Å². The van der Waals surface area contributed by atoms with Gasteiger partial charge in [-0.1, -0.05) is 24.3 Å². The molecule has 0 radical (unpaired) electrons. The van der Waals surface area contributed by atoms with Crippen LogP contribution >= 0.6 is 0 Å². The highest BCUT2D eigenvalue weighted by atomic mass is 19.1. The molecule has 0 spiro atoms. The zero-order valence-corrected chi connectivity index (χ0v) is 27.7. The molecule has 1 saturated carbocycles. The predicted molar refractivity (Wildman–Crippen MR) is 185 cm³/mol. The first-order valence-electron chi connectivity index (χ1n) is 17.1. The highest BCUT2D eigenvalue weighted by Crippen LogP contribution is 2.47. The third-order valence-corrected chi connectivity index (χ3v) is 11.0. The summed E-state index contributed by atoms with van der Waals surface area (Å²) in [4.78, 5) is 21.6. The normalized spacial score (nSPS) is 22.1. The van der Waals surface area contributed by atoms with E-state index in [1.165, 1.54) is 0 Å². The van der Waals surface area contributed by atoms with E-state index in [-0.39, 0.29) is 41.5 Å². The van der Waals surface area contributed by atoms with Crippen LogP contribution in [0, 0.1) is 18.7 Å². The molecule has 3 N–H and O–H groups in total. The standard InChI is InChI=1S/C38H42FN5O4/c1-21-15-29-35(34(39)33(21)28-18-26(45)16-23-7-4-5-8-27(23)28)41-37(48-22(2)31-9-6-12-42(31)3)30-17-25(20-43-13-14-47-38(43)46)44(36(29)30)32-11-10-24(32)19-40/h4-5,7-8,15-18,22,24,31-32,45H,6,9-14,19-20,40H2,1-3H3/t22-,24+,31-,32+/m0/s1. The van der Waals surface area contributed by atoms with E-state index in [9.17, 15) is 9.90 Å². The molecule has 2 saturated heterocycles. The molecule has 48 heavy (non-hydrogen) atoms. The minimum atomic E-state index is -0.459. The number of halogens is 1. The van der Waals surface area contributed by atoms with Crippen molar-refractivity contribution in [3.05, 3.63) is 65.6 Å². The molecule has 8 rings (SSSR count). The van der Waals surface area contributed by atoms with Crippen LogP contribution in [0.4, 0.5) is 9.18 Å². The van der Waals surface area contributed by atoms with E-state index in [0.717, 1.165) is 65.2 Å². The van der Waals surface area contributed by atoms with Crippen LogP contribution in [-0.2, 0) is 11.3 Å². The van der Waals surface area contributed by atoms with E-state index >= 15 is 4.39 Å². The Hall–Kier alpha value is -4.41. The molecule has 0 unspecified atom stereocenters. The number of phenols is 1. The number of benzene rings is 3. The number of likely N-dealkylation sites (tertiary alicyclic amines) is 1. The van der Waals surface area contributed by atoms with Crippen LogP contribution in [-0.4, -0.2) is 76.0 Å². The first kappa shape index (κ1) is 30.9. The smallest absolute Gasteiger partial charge is 0.410 e. The van der Waals surface area contributed by atoms with Crippen LogP contribution in [0.3, 0.4) is 0 Å². The molecule has 3 aromatic carbocycles. The Morgan fingerprint density at radius 3 is 2.65 bits per heavy atom. The zero-order chi connectivity index (χ0) is 33.3. The number of likely N-dealkylation sites (N-methyl/N-ethyl adjacent to an activating group) is 1. The van der Waals surface area contributed by atoms with Crippen molar-refractivity contribution in [3.8, 4) is 22.8 Å². The number of hydrogen-bond donors (Lipinski definition) is 2. The van der Waals surface area contributed by atoms with Crippen molar-refractivity contribution in [3.63, 3.8) is 0 Å². The van der Waals surface area contributed by atoms with Crippen LogP contribution in [0.2, 0.25) is 0 Å². The molecule has 2 aromatic heterocycles. The summed E-state index contributed by atoms with van der Waals surface area (Å²) in [6.45, 7) is 6.74. The highest BCUT2D eigenvalue weighted by molar-refractivity contribution is 6.10. The summed E-state index contributed by atoms with van der Waals surface area (Å²) >= 11 is 0. The van der Waals surface area contributed by atoms with Gasteiger partial charge < -0.3 is 24.9 Å². The number of aromatic hydroxyl groups is 1. The van der Waals surface area contributed by atoms with Crippen molar-refractivity contribution in [2.24, 2.45) is 11.7 Å². The third kappa shape index (κ3) is 4.96. The Balaban J connectivity index is 1.40. The number of hydrogen-bond acceptors (Lipinski definition) is 7. The lowest BCUT2D eigenvalue weighted by Crippen LogP contribution is -2.38. The van der Waals surface area contributed by atoms with E-state index in [0.29, 0.717) is 48.6 Å². The molecule has 1 aliphatic carbocycles. The zero-order valence-electron chi connectivity index (χ0n) is 27.7. The Kier molecular flexibility index (Phi) is 7.68. The number of pyridine rings is 1. The number of rotatable bonds is 8. The average molecular weight is 652 g/mol. The Labute approximate surface area is 279 Å². The van der Waals surface area contributed by atoms with Gasteiger partial charge in [0.25, 0.3) is 0 Å². The van der Waals surface area contributed by atoms with Gasteiger partial charge in [0.2, 0.25) is 5.88 Å². The van der Waals surface area contributed by atoms with Crippen molar-refractivity contribution in [2.45, 2.75) is 64.3 Å². The Morgan fingerprint density at radius 1 is 1.10 bits per heavy atom. The van der Waals surface area contributed by atoms with Gasteiger partial charge in [-0.3, -0.25) is 9.80 Å². The fraction of sp³-hybridized carbons (Fsp3) is 0.421. The number of aromatic nitrogens is 2. The quantitative estimate of drug-likeness (QED) is 0.188. The van der Waals surface area contributed by atoms with Crippen LogP contribution in [0.5, 0.6) is 11.6 Å². The summed E-state index contributed by atoms with van der Waals surface area (Å²) < 4.78 is 31.7. The number of aryl methyl sites for hydroxylation is 1. The summed E-state index contributed by atoms with van der Waals surface area (Å²) in [7, 11) is 2.11. The average Bonchev–Trinajstić information content (AvgIpc) is 3.76. The number of nitrogens with two attached hydrogens (primary N) is 1. The number of amides is 1. The second-order valence-corrected chi connectivity index (χ2v) is 13.9. The molecule has 5 aromatic rings. The van der Waals surface area contributed by atoms with Crippen molar-refractivity contribution in [1.82, 2.24) is 19.4 Å². The van der Waals surface area contributed by atoms with Gasteiger partial charge in [-0.25, -0.2) is 14.2 Å². The molecule has 10 heteroatoms. The number of carbonyl (C=O) groups excluding carboxylic acids is 1. The fourth-order valence-electron chi connectivity index (χ4n) is 8.37. The fourth-order valence-corrected chi connectivity index (χ4v) is 8.37. The highest BCUT2D eigenvalue weighted by Gasteiger charge is 2.37. The van der Waals surface area contributed by atoms with Gasteiger partial charge in [0.15, 0.2) is 5.82 Å². The van der Waals surface area contributed by atoms with E-state index < -0.39 is 5.82 Å². The van der Waals surface area contributed by atoms with E-state index in [1.807, 2.05) is 37.3 Å². The molecule has 1 amide bonds. The lowest BCUT2D eigenvalue weighted by atomic mass is 9.79. The number of ether oxygens (including phenoxy) is 2. The van der Waals surface area contributed by atoms with Gasteiger partial charge in [0.1, 0.15) is 24.0 Å². The maximum Gasteiger partial charge on any atom is 0.410 e. The number of nitrogens with zero attached hydrogens (tertiary/aromatic N) is 4. The second-order valence-electron chi connectivity index (χ2n) is 13.9. The predicted octanol–water partition coefficient (Wildman–Crippen LogP) is 6.89. The minimum Gasteiger partial charge on any atom is -0.508 e. The Morgan fingerprint density at radius 2 is 1.94 bits per heavy atom. The minimum absolute atomic E-state index is 0.0707. The molecule has 250 valence electrons. The summed E-state index contributed by atoms with van der Waals surface area (Å²) in [6.07, 6.45) is 3.53. The van der Waals surface area contributed by atoms with Gasteiger partial charge in [-0.2, -0.15) is 0 Å². The molecule has 3 fully saturated rings. The monoisotopic (exact) mass is 651 g/mol. The topological polar surface area (TPSA) is 106 Å². The SMILES string of the molecule is Cc1cc2c(nc(O[C@@H](C)[C@@H]3CCCN3C)c3cc(CN4CCOC4=O)n([C@@H]4CC[C@@H]4CN)c32)c(F)c1-c1cc(O)cc2ccccc12. The van der Waals surface area contributed by atoms with Crippen molar-refractivity contribution in [2.75, 3.05) is 33.3 Å². The maximum absolute atomic E-state index is 17.3. The second kappa shape index (κ2) is 11.9. The van der Waals surface area contributed by atoms with Gasteiger partial charge in [-0.05, 0) is 112 Å². The lowest BCUT2D eigenvalue weighted by Gasteiger charge is -2.39. The lowest BCUT2D eigenvalue weighted by molar-refractivity contribution is 0.119. The van der Waals surface area contributed by atoms with Crippen molar-refractivity contribution >= 4 is 38.7 Å². The third-order valence-electron chi connectivity index (χ3n) is 11.0. The molecular weight excluding hydrogens is 609 g/mol. The largest absolute Gasteiger partial charge is 0.508 e. The molecule has 0 bridgehead atoms. The van der Waals surface area contributed by atoms with Gasteiger partial charge >= 0.3 is 6.09 Å². The number of phenolic OH excluding ortho intramolecular Hbond substituents is 1. The van der Waals surface area contributed by atoms with Crippen LogP contribution in [0.15, 0.2) is 48.5 Å². The van der Waals surface area contributed by atoms with Crippen LogP contribution in [0.25, 0.3) is 43.7 Å². The summed E-state index contributed by atoms with van der Waals surface area (Å²) in [5.74, 6) is 0.251. The Bertz CT molecular complexity index is 2080. The summed E-state index contributed by atoms with van der Waals surface area (Å²) in [5, 5.41) is 13.8. The summed E-state index contributed by atoms with van der Waals surface area (Å²) in [6, 6.07) is 15.4. The maximum atomic E-state index is 17.3. The molecule has 2 aliphatic heterocycles. The number of carbonyl (C=O) groups is 1. The molecule has 9 nitrogen and oxygen atoms in total. The van der Waals surface area contributed by atoms with Crippen molar-refractivity contribution in [1.29, 1.82) is 0 Å². The summed E-state index contributed by atoms with van der Waals surface area (Å²) in [5.41, 5.74) is 10.0. The molecule has 3 aliphatic rings. The van der Waals surface area contributed by atoms with Gasteiger partial charge in [0, 0.05) is 28.7 Å². The molecule has 4 atom stereocenters. The van der Waals surface area contributed by atoms with Crippen LogP contribution in [0.1, 0.15) is 49.9 Å². The van der Waals surface area contributed by atoms with Gasteiger partial charge in [0.05, 0.1) is 24.0 Å². The van der Waals surface area contributed by atoms with Crippen LogP contribution < -0.4 is 10.5 Å². The number of cyclic esters (lactones) is 1. The van der Waals surface area contributed by atoms with Gasteiger partial charge in [-0.15, -0.1) is 0 Å². The first-order chi connectivity index (χ1) is 23.2. The van der Waals surface area contributed by atoms with E-state index in [2.05, 4.69) is 29.5 Å². The van der Waals surface area contributed by atoms with E-state index in [1.54, 1.807) is 17.0 Å².